The molecule has 0 saturated carbocycles. The van der Waals surface area contributed by atoms with Crippen LogP contribution in [0.3, 0.4) is 0 Å². The largest absolute Gasteiger partial charge is 0.450 e. The summed E-state index contributed by atoms with van der Waals surface area (Å²) in [6.07, 6.45) is 6.51. The summed E-state index contributed by atoms with van der Waals surface area (Å²) in [5, 5.41) is 6.25. The average molecular weight is 383 g/mol. The molecule has 0 aromatic carbocycles. The SMILES string of the molecule is CCOC(=O)N1CCC(Nc2ccc(C(=O)NCc3cccnc3)nc2)CC1. The maximum atomic E-state index is 12.2. The molecule has 1 fully saturated rings. The molecule has 0 bridgehead atoms. The Morgan fingerprint density at radius 1 is 1.21 bits per heavy atom. The summed E-state index contributed by atoms with van der Waals surface area (Å²) in [4.78, 5) is 34.0. The molecule has 8 nitrogen and oxygen atoms in total. The van der Waals surface area contributed by atoms with Crippen LogP contribution in [0.4, 0.5) is 10.5 Å². The first-order valence-electron chi connectivity index (χ1n) is 9.47. The van der Waals surface area contributed by atoms with Crippen LogP contribution in [-0.4, -0.2) is 52.6 Å². The minimum absolute atomic E-state index is 0.224. The lowest BCUT2D eigenvalue weighted by Gasteiger charge is -2.32. The molecule has 3 rings (SSSR count). The first-order chi connectivity index (χ1) is 13.7. The summed E-state index contributed by atoms with van der Waals surface area (Å²) in [7, 11) is 0. The Hall–Kier alpha value is -3.16. The average Bonchev–Trinajstić information content (AvgIpc) is 2.74. The highest BCUT2D eigenvalue weighted by molar-refractivity contribution is 5.92. The number of amides is 2. The second-order valence-corrected chi connectivity index (χ2v) is 6.58. The molecule has 0 aliphatic carbocycles. The first-order valence-corrected chi connectivity index (χ1v) is 9.47. The normalized spacial score (nSPS) is 14.4. The van der Waals surface area contributed by atoms with E-state index in [1.54, 1.807) is 29.6 Å². The molecule has 3 heterocycles. The topological polar surface area (TPSA) is 96.5 Å². The van der Waals surface area contributed by atoms with Crippen LogP contribution in [0.5, 0.6) is 0 Å². The number of hydrogen-bond acceptors (Lipinski definition) is 6. The lowest BCUT2D eigenvalue weighted by atomic mass is 10.1. The van der Waals surface area contributed by atoms with E-state index >= 15 is 0 Å². The number of rotatable bonds is 6. The predicted molar refractivity (Wildman–Crippen MR) is 105 cm³/mol. The summed E-state index contributed by atoms with van der Waals surface area (Å²) < 4.78 is 5.03. The Morgan fingerprint density at radius 3 is 2.68 bits per heavy atom. The van der Waals surface area contributed by atoms with E-state index in [1.165, 1.54) is 0 Å². The van der Waals surface area contributed by atoms with Gasteiger partial charge >= 0.3 is 6.09 Å². The van der Waals surface area contributed by atoms with Gasteiger partial charge in [-0.2, -0.15) is 0 Å². The van der Waals surface area contributed by atoms with Gasteiger partial charge in [0.2, 0.25) is 0 Å². The molecular formula is C20H25N5O3. The molecule has 2 N–H and O–H groups in total. The summed E-state index contributed by atoms with van der Waals surface area (Å²) in [6, 6.07) is 7.55. The highest BCUT2D eigenvalue weighted by Gasteiger charge is 2.23. The predicted octanol–water partition coefficient (Wildman–Crippen LogP) is 2.44. The number of piperidine rings is 1. The van der Waals surface area contributed by atoms with E-state index in [0.29, 0.717) is 31.9 Å². The van der Waals surface area contributed by atoms with Gasteiger partial charge in [0.1, 0.15) is 5.69 Å². The van der Waals surface area contributed by atoms with Gasteiger partial charge in [-0.1, -0.05) is 6.07 Å². The van der Waals surface area contributed by atoms with Gasteiger partial charge in [0, 0.05) is 38.1 Å². The van der Waals surface area contributed by atoms with Gasteiger partial charge in [-0.3, -0.25) is 9.78 Å². The summed E-state index contributed by atoms with van der Waals surface area (Å²) in [5.74, 6) is -0.224. The molecule has 28 heavy (non-hydrogen) atoms. The zero-order valence-corrected chi connectivity index (χ0v) is 15.9. The number of nitrogens with zero attached hydrogens (tertiary/aromatic N) is 3. The fourth-order valence-electron chi connectivity index (χ4n) is 3.05. The molecule has 148 valence electrons. The highest BCUT2D eigenvalue weighted by Crippen LogP contribution is 2.17. The molecule has 0 spiro atoms. The van der Waals surface area contributed by atoms with Crippen LogP contribution in [0.1, 0.15) is 35.8 Å². The number of aromatic nitrogens is 2. The lowest BCUT2D eigenvalue weighted by molar-refractivity contribution is 0.0944. The summed E-state index contributed by atoms with van der Waals surface area (Å²) in [6.45, 7) is 3.94. The maximum Gasteiger partial charge on any atom is 0.409 e. The summed E-state index contributed by atoms with van der Waals surface area (Å²) >= 11 is 0. The molecule has 1 saturated heterocycles. The fraction of sp³-hybridized carbons (Fsp3) is 0.400. The molecular weight excluding hydrogens is 358 g/mol. The third-order valence-electron chi connectivity index (χ3n) is 4.56. The van der Waals surface area contributed by atoms with E-state index in [0.717, 1.165) is 24.1 Å². The second-order valence-electron chi connectivity index (χ2n) is 6.58. The van der Waals surface area contributed by atoms with Crippen molar-refractivity contribution in [2.75, 3.05) is 25.0 Å². The van der Waals surface area contributed by atoms with Crippen molar-refractivity contribution in [3.8, 4) is 0 Å². The van der Waals surface area contributed by atoms with Crippen LogP contribution in [-0.2, 0) is 11.3 Å². The van der Waals surface area contributed by atoms with Crippen molar-refractivity contribution in [1.82, 2.24) is 20.2 Å². The number of anilines is 1. The van der Waals surface area contributed by atoms with Crippen molar-refractivity contribution >= 4 is 17.7 Å². The van der Waals surface area contributed by atoms with E-state index < -0.39 is 0 Å². The first kappa shape index (κ1) is 19.6. The Labute approximate surface area is 164 Å². The van der Waals surface area contributed by atoms with Gasteiger partial charge in [-0.15, -0.1) is 0 Å². The van der Waals surface area contributed by atoms with Crippen molar-refractivity contribution in [2.24, 2.45) is 0 Å². The van der Waals surface area contributed by atoms with Crippen LogP contribution < -0.4 is 10.6 Å². The van der Waals surface area contributed by atoms with Gasteiger partial charge < -0.3 is 20.3 Å². The van der Waals surface area contributed by atoms with Gasteiger partial charge in [0.05, 0.1) is 18.5 Å². The lowest BCUT2D eigenvalue weighted by Crippen LogP contribution is -2.42. The fourth-order valence-corrected chi connectivity index (χ4v) is 3.05. The number of nitrogens with one attached hydrogen (secondary N) is 2. The second kappa shape index (κ2) is 9.68. The standard InChI is InChI=1S/C20H25N5O3/c1-2-28-20(27)25-10-7-16(8-11-25)24-17-5-6-18(22-14-17)19(26)23-13-15-4-3-9-21-12-15/h3-6,9,12,14,16,24H,2,7-8,10-11,13H2,1H3,(H,23,26). The Balaban J connectivity index is 1.45. The zero-order chi connectivity index (χ0) is 19.8. The third kappa shape index (κ3) is 5.42. The molecule has 0 unspecified atom stereocenters. The molecule has 0 atom stereocenters. The minimum Gasteiger partial charge on any atom is -0.450 e. The molecule has 2 aromatic heterocycles. The summed E-state index contributed by atoms with van der Waals surface area (Å²) in [5.41, 5.74) is 2.16. The van der Waals surface area contributed by atoms with E-state index in [-0.39, 0.29) is 18.0 Å². The van der Waals surface area contributed by atoms with Crippen molar-refractivity contribution < 1.29 is 14.3 Å². The van der Waals surface area contributed by atoms with E-state index in [2.05, 4.69) is 20.6 Å². The van der Waals surface area contributed by atoms with Gasteiger partial charge in [0.25, 0.3) is 5.91 Å². The zero-order valence-electron chi connectivity index (χ0n) is 15.9. The van der Waals surface area contributed by atoms with Gasteiger partial charge in [-0.25, -0.2) is 9.78 Å². The molecule has 2 aromatic rings. The smallest absolute Gasteiger partial charge is 0.409 e. The third-order valence-corrected chi connectivity index (χ3v) is 4.56. The molecule has 1 aliphatic rings. The minimum atomic E-state index is -0.246. The van der Waals surface area contributed by atoms with Crippen LogP contribution in [0.2, 0.25) is 0 Å². The van der Waals surface area contributed by atoms with Crippen molar-refractivity contribution in [3.05, 3.63) is 54.1 Å². The number of pyridine rings is 2. The van der Waals surface area contributed by atoms with Crippen LogP contribution in [0.25, 0.3) is 0 Å². The molecule has 2 amide bonds. The van der Waals surface area contributed by atoms with Crippen molar-refractivity contribution in [3.63, 3.8) is 0 Å². The Kier molecular flexibility index (Phi) is 6.78. The van der Waals surface area contributed by atoms with E-state index in [4.69, 9.17) is 4.74 Å². The number of likely N-dealkylation sites (tertiary alicyclic amines) is 1. The maximum absolute atomic E-state index is 12.2. The monoisotopic (exact) mass is 383 g/mol. The highest BCUT2D eigenvalue weighted by atomic mass is 16.6. The Morgan fingerprint density at radius 2 is 2.04 bits per heavy atom. The van der Waals surface area contributed by atoms with Crippen LogP contribution in [0.15, 0.2) is 42.9 Å². The van der Waals surface area contributed by atoms with Crippen LogP contribution in [0, 0.1) is 0 Å². The van der Waals surface area contributed by atoms with Gasteiger partial charge in [0.15, 0.2) is 0 Å². The number of carbonyl (C=O) groups is 2. The van der Waals surface area contributed by atoms with Gasteiger partial charge in [-0.05, 0) is 43.5 Å². The van der Waals surface area contributed by atoms with Crippen LogP contribution >= 0.6 is 0 Å². The van der Waals surface area contributed by atoms with Crippen molar-refractivity contribution in [2.45, 2.75) is 32.4 Å². The van der Waals surface area contributed by atoms with E-state index in [1.807, 2.05) is 25.1 Å². The molecule has 0 radical (unpaired) electrons. The Bertz CT molecular complexity index is 774. The van der Waals surface area contributed by atoms with E-state index in [9.17, 15) is 9.59 Å². The molecule has 1 aliphatic heterocycles. The number of carbonyl (C=O) groups excluding carboxylic acids is 2. The quantitative estimate of drug-likeness (QED) is 0.795. The van der Waals surface area contributed by atoms with Crippen molar-refractivity contribution in [1.29, 1.82) is 0 Å². The molecule has 8 heteroatoms. The number of ether oxygens (including phenoxy) is 1. The number of hydrogen-bond donors (Lipinski definition) is 2.